The van der Waals surface area contributed by atoms with Gasteiger partial charge in [-0.3, -0.25) is 0 Å². The van der Waals surface area contributed by atoms with Crippen molar-refractivity contribution >= 4 is 20.7 Å². The van der Waals surface area contributed by atoms with Gasteiger partial charge in [-0.05, 0) is 0 Å². The van der Waals surface area contributed by atoms with Crippen molar-refractivity contribution in [3.63, 3.8) is 0 Å². The molecule has 69 valence electrons. The molecular formula is C10H13N2Se. The summed E-state index contributed by atoms with van der Waals surface area (Å²) in [5, 5.41) is 7.34. The normalized spacial score (nSPS) is 9.62. The van der Waals surface area contributed by atoms with Crippen molar-refractivity contribution in [1.29, 1.82) is 5.41 Å². The van der Waals surface area contributed by atoms with Gasteiger partial charge >= 0.3 is 87.0 Å². The molecule has 2 nitrogen and oxygen atoms in total. The zero-order valence-electron chi connectivity index (χ0n) is 7.66. The summed E-state index contributed by atoms with van der Waals surface area (Å²) in [4.78, 5) is 1.90. The molecule has 0 saturated carbocycles. The molecule has 0 unspecified atom stereocenters. The van der Waals surface area contributed by atoms with E-state index in [1.807, 2.05) is 30.1 Å². The summed E-state index contributed by atoms with van der Waals surface area (Å²) in [6.07, 6.45) is 0.987. The van der Waals surface area contributed by atoms with E-state index in [1.165, 1.54) is 5.56 Å². The fraction of sp³-hybridized carbons (Fsp3) is 0.300. The second-order valence-corrected chi connectivity index (χ2v) is 3.77. The van der Waals surface area contributed by atoms with Crippen LogP contribution in [0.15, 0.2) is 30.3 Å². The van der Waals surface area contributed by atoms with Crippen molar-refractivity contribution in [2.45, 2.75) is 6.42 Å². The molecule has 0 bridgehead atoms. The second-order valence-electron chi connectivity index (χ2n) is 2.96. The molecule has 0 aliphatic heterocycles. The van der Waals surface area contributed by atoms with Crippen molar-refractivity contribution in [2.24, 2.45) is 0 Å². The van der Waals surface area contributed by atoms with Crippen LogP contribution in [-0.4, -0.2) is 39.2 Å². The molecule has 1 aromatic carbocycles. The standard InChI is InChI=1S/C10H13N2Se/c1-12(10(11)13)8-7-9-5-3-2-4-6-9/h2-6,11H,7-8H2,1H3. The Morgan fingerprint density at radius 2 is 2.00 bits per heavy atom. The van der Waals surface area contributed by atoms with Gasteiger partial charge in [-0.2, -0.15) is 0 Å². The van der Waals surface area contributed by atoms with Crippen LogP contribution in [0.2, 0.25) is 0 Å². The van der Waals surface area contributed by atoms with E-state index in [4.69, 9.17) is 5.41 Å². The SMILES string of the molecule is CN(CCc1ccccc1)C(=N)[Se]. The van der Waals surface area contributed by atoms with Crippen LogP contribution >= 0.6 is 0 Å². The fourth-order valence-corrected chi connectivity index (χ4v) is 1.23. The minimum atomic E-state index is 0.496. The van der Waals surface area contributed by atoms with Gasteiger partial charge in [0.2, 0.25) is 0 Å². The molecule has 0 aliphatic carbocycles. The number of nitrogens with one attached hydrogen (secondary N) is 1. The number of nitrogens with zero attached hydrogens (tertiary/aromatic N) is 1. The predicted molar refractivity (Wildman–Crippen MR) is 56.3 cm³/mol. The maximum atomic E-state index is 7.34. The molecule has 1 N–H and O–H groups in total. The summed E-state index contributed by atoms with van der Waals surface area (Å²) < 4.78 is 0.496. The van der Waals surface area contributed by atoms with Gasteiger partial charge in [0.1, 0.15) is 0 Å². The average Bonchev–Trinajstić information content (AvgIpc) is 2.15. The molecule has 3 heteroatoms. The van der Waals surface area contributed by atoms with Crippen LogP contribution in [0.25, 0.3) is 0 Å². The maximum absolute atomic E-state index is 7.34. The van der Waals surface area contributed by atoms with Crippen LogP contribution in [0.1, 0.15) is 5.56 Å². The Labute approximate surface area is 87.3 Å². The summed E-state index contributed by atoms with van der Waals surface area (Å²) in [7, 11) is 1.92. The fourth-order valence-electron chi connectivity index (χ4n) is 1.04. The molecule has 0 amide bonds. The first-order valence-corrected chi connectivity index (χ1v) is 5.06. The minimum absolute atomic E-state index is 0.496. The van der Waals surface area contributed by atoms with Crippen LogP contribution in [0.4, 0.5) is 0 Å². The monoisotopic (exact) mass is 241 g/mol. The zero-order valence-corrected chi connectivity index (χ0v) is 9.37. The van der Waals surface area contributed by atoms with Crippen LogP contribution < -0.4 is 0 Å². The Morgan fingerprint density at radius 3 is 2.54 bits per heavy atom. The number of likely N-dealkylation sites (N-methyl/N-ethyl adjacent to an activating group) is 1. The van der Waals surface area contributed by atoms with Crippen molar-refractivity contribution in [3.8, 4) is 0 Å². The van der Waals surface area contributed by atoms with Gasteiger partial charge in [0.25, 0.3) is 0 Å². The number of hydrogen-bond donors (Lipinski definition) is 1. The third-order valence-corrected chi connectivity index (χ3v) is 2.58. The molecule has 1 radical (unpaired) electrons. The molecule has 13 heavy (non-hydrogen) atoms. The van der Waals surface area contributed by atoms with E-state index in [-0.39, 0.29) is 0 Å². The third-order valence-electron chi connectivity index (χ3n) is 1.93. The van der Waals surface area contributed by atoms with Gasteiger partial charge in [-0.25, -0.2) is 0 Å². The Kier molecular flexibility index (Phi) is 4.00. The summed E-state index contributed by atoms with van der Waals surface area (Å²) in [5.41, 5.74) is 1.32. The number of amidine groups is 1. The van der Waals surface area contributed by atoms with Gasteiger partial charge in [0, 0.05) is 0 Å². The molecule has 0 aromatic heterocycles. The number of hydrogen-bond acceptors (Lipinski definition) is 1. The van der Waals surface area contributed by atoms with Crippen LogP contribution in [-0.2, 0) is 6.42 Å². The van der Waals surface area contributed by atoms with E-state index in [0.717, 1.165) is 13.0 Å². The van der Waals surface area contributed by atoms with E-state index >= 15 is 0 Å². The number of benzene rings is 1. The third kappa shape index (κ3) is 3.62. The number of rotatable bonds is 3. The zero-order chi connectivity index (χ0) is 9.68. The Morgan fingerprint density at radius 1 is 1.38 bits per heavy atom. The summed E-state index contributed by atoms with van der Waals surface area (Å²) in [6, 6.07) is 10.3. The quantitative estimate of drug-likeness (QED) is 0.480. The van der Waals surface area contributed by atoms with Crippen molar-refractivity contribution in [3.05, 3.63) is 35.9 Å². The van der Waals surface area contributed by atoms with E-state index in [9.17, 15) is 0 Å². The van der Waals surface area contributed by atoms with Gasteiger partial charge in [-0.1, -0.05) is 0 Å². The Bertz CT molecular complexity index is 272. The first-order chi connectivity index (χ1) is 6.20. The van der Waals surface area contributed by atoms with Crippen molar-refractivity contribution in [1.82, 2.24) is 4.90 Å². The Hall–Kier alpha value is -0.791. The molecule has 0 heterocycles. The van der Waals surface area contributed by atoms with E-state index in [1.54, 1.807) is 0 Å². The molecular weight excluding hydrogens is 227 g/mol. The molecule has 0 spiro atoms. The Balaban J connectivity index is 2.39. The average molecular weight is 240 g/mol. The van der Waals surface area contributed by atoms with Gasteiger partial charge in [0.15, 0.2) is 0 Å². The molecule has 0 atom stereocenters. The van der Waals surface area contributed by atoms with E-state index in [2.05, 4.69) is 28.1 Å². The van der Waals surface area contributed by atoms with Gasteiger partial charge < -0.3 is 0 Å². The van der Waals surface area contributed by atoms with Gasteiger partial charge in [-0.15, -0.1) is 0 Å². The van der Waals surface area contributed by atoms with Crippen molar-refractivity contribution < 1.29 is 0 Å². The van der Waals surface area contributed by atoms with Crippen LogP contribution in [0, 0.1) is 5.41 Å². The first kappa shape index (κ1) is 10.3. The molecule has 0 aliphatic rings. The van der Waals surface area contributed by atoms with E-state index in [0.29, 0.717) is 4.73 Å². The van der Waals surface area contributed by atoms with E-state index < -0.39 is 0 Å². The summed E-state index contributed by atoms with van der Waals surface area (Å²) in [6.45, 7) is 0.885. The molecule has 1 aromatic rings. The van der Waals surface area contributed by atoms with Crippen LogP contribution in [0.3, 0.4) is 0 Å². The van der Waals surface area contributed by atoms with Crippen molar-refractivity contribution in [2.75, 3.05) is 13.6 Å². The van der Waals surface area contributed by atoms with Gasteiger partial charge in [0.05, 0.1) is 0 Å². The molecule has 1 rings (SSSR count). The summed E-state index contributed by atoms with van der Waals surface area (Å²) >= 11 is 2.69. The van der Waals surface area contributed by atoms with Crippen LogP contribution in [0.5, 0.6) is 0 Å². The second kappa shape index (κ2) is 5.05. The molecule has 0 fully saturated rings. The first-order valence-electron chi connectivity index (χ1n) is 4.21. The predicted octanol–water partition coefficient (Wildman–Crippen LogP) is 1.26. The summed E-state index contributed by atoms with van der Waals surface area (Å²) in [5.74, 6) is 0. The topological polar surface area (TPSA) is 27.1 Å². The molecule has 0 saturated heterocycles.